The van der Waals surface area contributed by atoms with Gasteiger partial charge in [0.2, 0.25) is 23.6 Å². The Morgan fingerprint density at radius 1 is 0.524 bits per heavy atom. The lowest BCUT2D eigenvalue weighted by Crippen LogP contribution is -2.59. The second kappa shape index (κ2) is 11.0. The molecule has 8 amide bonds. The van der Waals surface area contributed by atoms with Crippen molar-refractivity contribution in [2.24, 2.45) is 11.8 Å². The van der Waals surface area contributed by atoms with Crippen LogP contribution in [0.1, 0.15) is 22.3 Å². The molecule has 0 spiro atoms. The van der Waals surface area contributed by atoms with Crippen molar-refractivity contribution in [3.05, 3.63) is 95.1 Å². The molecule has 0 N–H and O–H groups in total. The van der Waals surface area contributed by atoms with E-state index in [1.54, 1.807) is 60.7 Å². The molecule has 2 unspecified atom stereocenters. The number of urea groups is 2. The molecule has 0 saturated carbocycles. The van der Waals surface area contributed by atoms with Gasteiger partial charge < -0.3 is 0 Å². The zero-order valence-electron chi connectivity index (χ0n) is 23.7. The Morgan fingerprint density at radius 2 is 0.881 bits per heavy atom. The molecule has 42 heavy (non-hydrogen) atoms. The summed E-state index contributed by atoms with van der Waals surface area (Å²) < 4.78 is 0. The molecule has 0 radical (unpaired) electrons. The normalized spacial score (nSPS) is 19.7. The van der Waals surface area contributed by atoms with E-state index in [1.807, 2.05) is 26.0 Å². The van der Waals surface area contributed by atoms with Crippen LogP contribution in [0, 0.1) is 25.7 Å². The minimum atomic E-state index is -1.09. The van der Waals surface area contributed by atoms with Crippen LogP contribution in [0.2, 0.25) is 0 Å². The Balaban J connectivity index is 1.34. The van der Waals surface area contributed by atoms with Gasteiger partial charge in [-0.3, -0.25) is 29.0 Å². The minimum absolute atomic E-state index is 0.0670. The number of aryl methyl sites for hydroxylation is 2. The van der Waals surface area contributed by atoms with E-state index in [-0.39, 0.29) is 12.8 Å². The van der Waals surface area contributed by atoms with Crippen molar-refractivity contribution in [3.63, 3.8) is 0 Å². The van der Waals surface area contributed by atoms with Gasteiger partial charge in [0.1, 0.15) is 11.8 Å². The van der Waals surface area contributed by atoms with E-state index < -0.39 is 47.5 Å². The zero-order chi connectivity index (χ0) is 30.3. The standard InChI is InChI=1S/C32H30N4O6/c1-19-7-5-9-23(15-19)35-29(39)25(27(37)33(3)31(35)41)17-21-11-13-22(14-12-21)18-26-28(38)34(4)32(42)36(30(26)40)24-10-6-8-20(2)16-24/h5-16,25-26H,17-18H2,1-4H3. The third-order valence-electron chi connectivity index (χ3n) is 7.67. The summed E-state index contributed by atoms with van der Waals surface area (Å²) in [6, 6.07) is 19.4. The fourth-order valence-electron chi connectivity index (χ4n) is 5.31. The largest absolute Gasteiger partial charge is 0.337 e. The van der Waals surface area contributed by atoms with Gasteiger partial charge in [-0.05, 0) is 73.2 Å². The van der Waals surface area contributed by atoms with Crippen molar-refractivity contribution in [2.75, 3.05) is 23.9 Å². The number of imide groups is 4. The number of carbonyl (C=O) groups is 6. The molecule has 10 nitrogen and oxygen atoms in total. The summed E-state index contributed by atoms with van der Waals surface area (Å²) in [5.41, 5.74) is 3.88. The molecule has 2 aliphatic rings. The average Bonchev–Trinajstić information content (AvgIpc) is 2.96. The Hall–Kier alpha value is -5.12. The van der Waals surface area contributed by atoms with Crippen LogP contribution in [-0.2, 0) is 32.0 Å². The summed E-state index contributed by atoms with van der Waals surface area (Å²) in [5.74, 6) is -4.55. The van der Waals surface area contributed by atoms with Gasteiger partial charge >= 0.3 is 12.1 Å². The molecule has 0 aromatic heterocycles. The van der Waals surface area contributed by atoms with Crippen molar-refractivity contribution in [2.45, 2.75) is 26.7 Å². The quantitative estimate of drug-likeness (QED) is 0.419. The van der Waals surface area contributed by atoms with E-state index in [1.165, 1.54) is 14.1 Å². The van der Waals surface area contributed by atoms with E-state index >= 15 is 0 Å². The van der Waals surface area contributed by atoms with E-state index in [0.717, 1.165) is 30.7 Å². The second-order valence-electron chi connectivity index (χ2n) is 10.7. The fourth-order valence-corrected chi connectivity index (χ4v) is 5.31. The predicted octanol–water partition coefficient (Wildman–Crippen LogP) is 3.87. The minimum Gasteiger partial charge on any atom is -0.273 e. The number of rotatable bonds is 6. The Labute approximate surface area is 243 Å². The molecule has 2 saturated heterocycles. The van der Waals surface area contributed by atoms with E-state index in [9.17, 15) is 28.8 Å². The lowest BCUT2D eigenvalue weighted by Gasteiger charge is -2.35. The van der Waals surface area contributed by atoms with Crippen molar-refractivity contribution in [1.29, 1.82) is 0 Å². The lowest BCUT2D eigenvalue weighted by molar-refractivity contribution is -0.141. The molecule has 2 atom stereocenters. The SMILES string of the molecule is Cc1cccc(N2C(=O)C(Cc3ccc(CC4C(=O)N(C)C(=O)N(c5cccc(C)c5)C4=O)cc3)C(=O)N(C)C2=O)c1. The first-order valence-electron chi connectivity index (χ1n) is 13.5. The number of barbiturate groups is 2. The van der Waals surface area contributed by atoms with Gasteiger partial charge in [-0.25, -0.2) is 19.4 Å². The summed E-state index contributed by atoms with van der Waals surface area (Å²) in [7, 11) is 2.71. The highest BCUT2D eigenvalue weighted by Crippen LogP contribution is 2.29. The molecule has 0 bridgehead atoms. The molecule has 214 valence electrons. The van der Waals surface area contributed by atoms with Crippen LogP contribution in [0.15, 0.2) is 72.8 Å². The number of benzene rings is 3. The molecule has 2 aliphatic heterocycles. The number of carbonyl (C=O) groups excluding carboxylic acids is 6. The van der Waals surface area contributed by atoms with Crippen LogP contribution in [0.5, 0.6) is 0 Å². The first kappa shape index (κ1) is 28.4. The molecule has 10 heteroatoms. The van der Waals surface area contributed by atoms with Gasteiger partial charge in [0, 0.05) is 14.1 Å². The molecule has 5 rings (SSSR count). The third kappa shape index (κ3) is 5.07. The maximum absolute atomic E-state index is 13.4. The van der Waals surface area contributed by atoms with Gasteiger partial charge in [-0.2, -0.15) is 0 Å². The molecule has 2 fully saturated rings. The zero-order valence-corrected chi connectivity index (χ0v) is 23.7. The molecule has 0 aliphatic carbocycles. The van der Waals surface area contributed by atoms with Crippen LogP contribution in [0.4, 0.5) is 21.0 Å². The summed E-state index contributed by atoms with van der Waals surface area (Å²) >= 11 is 0. The molecular weight excluding hydrogens is 536 g/mol. The smallest absolute Gasteiger partial charge is 0.273 e. The Kier molecular flexibility index (Phi) is 7.47. The lowest BCUT2D eigenvalue weighted by atomic mass is 9.91. The topological polar surface area (TPSA) is 115 Å². The molecule has 2 heterocycles. The van der Waals surface area contributed by atoms with Gasteiger partial charge in [-0.15, -0.1) is 0 Å². The first-order chi connectivity index (χ1) is 20.0. The number of anilines is 2. The predicted molar refractivity (Wildman–Crippen MR) is 154 cm³/mol. The summed E-state index contributed by atoms with van der Waals surface area (Å²) in [4.78, 5) is 82.4. The average molecular weight is 567 g/mol. The molecule has 3 aromatic rings. The van der Waals surface area contributed by atoms with Crippen molar-refractivity contribution in [3.8, 4) is 0 Å². The molecule has 3 aromatic carbocycles. The summed E-state index contributed by atoms with van der Waals surface area (Å²) in [6.07, 6.45) is 0.134. The number of amides is 8. The van der Waals surface area contributed by atoms with Crippen LogP contribution < -0.4 is 9.80 Å². The fraction of sp³-hybridized carbons (Fsp3) is 0.250. The van der Waals surface area contributed by atoms with Crippen LogP contribution in [0.3, 0.4) is 0 Å². The second-order valence-corrected chi connectivity index (χ2v) is 10.7. The number of nitrogens with zero attached hydrogens (tertiary/aromatic N) is 4. The first-order valence-corrected chi connectivity index (χ1v) is 13.5. The Morgan fingerprint density at radius 3 is 1.21 bits per heavy atom. The van der Waals surface area contributed by atoms with Gasteiger partial charge in [0.25, 0.3) is 0 Å². The highest BCUT2D eigenvalue weighted by molar-refractivity contribution is 6.28. The van der Waals surface area contributed by atoms with Crippen LogP contribution >= 0.6 is 0 Å². The summed E-state index contributed by atoms with van der Waals surface area (Å²) in [6.45, 7) is 3.70. The maximum Gasteiger partial charge on any atom is 0.337 e. The van der Waals surface area contributed by atoms with Gasteiger partial charge in [-0.1, -0.05) is 48.5 Å². The number of hydrogen-bond acceptors (Lipinski definition) is 6. The highest BCUT2D eigenvalue weighted by atomic mass is 16.2. The van der Waals surface area contributed by atoms with Gasteiger partial charge in [0.05, 0.1) is 11.4 Å². The van der Waals surface area contributed by atoms with Crippen molar-refractivity contribution >= 4 is 47.1 Å². The third-order valence-corrected chi connectivity index (χ3v) is 7.67. The van der Waals surface area contributed by atoms with Crippen LogP contribution in [-0.4, -0.2) is 59.6 Å². The Bertz CT molecular complexity index is 1510. The van der Waals surface area contributed by atoms with Gasteiger partial charge in [0.15, 0.2) is 0 Å². The van der Waals surface area contributed by atoms with Crippen molar-refractivity contribution in [1.82, 2.24) is 9.80 Å². The monoisotopic (exact) mass is 566 g/mol. The maximum atomic E-state index is 13.4. The highest BCUT2D eigenvalue weighted by Gasteiger charge is 2.46. The molecular formula is C32H30N4O6. The van der Waals surface area contributed by atoms with E-state index in [4.69, 9.17) is 0 Å². The van der Waals surface area contributed by atoms with E-state index in [2.05, 4.69) is 0 Å². The summed E-state index contributed by atoms with van der Waals surface area (Å²) in [5, 5.41) is 0. The van der Waals surface area contributed by atoms with Crippen LogP contribution in [0.25, 0.3) is 0 Å². The van der Waals surface area contributed by atoms with E-state index in [0.29, 0.717) is 22.5 Å². The number of hydrogen-bond donors (Lipinski definition) is 0. The van der Waals surface area contributed by atoms with Crippen molar-refractivity contribution < 1.29 is 28.8 Å².